The molecule has 4 rings (SSSR count). The molecule has 1 aliphatic carbocycles. The molecule has 0 saturated heterocycles. The molecule has 0 aliphatic heterocycles. The lowest BCUT2D eigenvalue weighted by Gasteiger charge is -2.33. The van der Waals surface area contributed by atoms with Crippen LogP contribution in [0.15, 0.2) is 72.4 Å². The van der Waals surface area contributed by atoms with Gasteiger partial charge in [-0.2, -0.15) is 0 Å². The third-order valence-corrected chi connectivity index (χ3v) is 7.04. The van der Waals surface area contributed by atoms with Crippen LogP contribution in [0.5, 0.6) is 0 Å². The highest BCUT2D eigenvalue weighted by Crippen LogP contribution is 2.25. The molecule has 0 unspecified atom stereocenters. The monoisotopic (exact) mass is 490 g/mol. The average molecular weight is 491 g/mol. The first-order chi connectivity index (χ1) is 17.1. The molecule has 8 heteroatoms. The first kappa shape index (κ1) is 24.6. The van der Waals surface area contributed by atoms with E-state index in [0.29, 0.717) is 10.4 Å². The second-order valence-corrected chi connectivity index (χ2v) is 9.65. The van der Waals surface area contributed by atoms with Crippen LogP contribution in [0.25, 0.3) is 0 Å². The van der Waals surface area contributed by atoms with Gasteiger partial charge >= 0.3 is 0 Å². The maximum absolute atomic E-state index is 13.7. The van der Waals surface area contributed by atoms with Crippen molar-refractivity contribution in [2.24, 2.45) is 0 Å². The van der Waals surface area contributed by atoms with Crippen molar-refractivity contribution < 1.29 is 14.4 Å². The molecule has 1 aromatic carbocycles. The van der Waals surface area contributed by atoms with E-state index >= 15 is 0 Å². The van der Waals surface area contributed by atoms with Gasteiger partial charge in [0.05, 0.1) is 11.4 Å². The summed E-state index contributed by atoms with van der Waals surface area (Å²) in [6, 6.07) is 15.9. The molecule has 2 aromatic heterocycles. The van der Waals surface area contributed by atoms with E-state index in [1.165, 1.54) is 17.8 Å². The third kappa shape index (κ3) is 6.76. The highest BCUT2D eigenvalue weighted by molar-refractivity contribution is 7.12. The fourth-order valence-corrected chi connectivity index (χ4v) is 5.03. The Kier molecular flexibility index (Phi) is 8.62. The molecule has 2 heterocycles. The quantitative estimate of drug-likeness (QED) is 0.473. The largest absolute Gasteiger partial charge is 0.351 e. The maximum Gasteiger partial charge on any atom is 0.261 e. The van der Waals surface area contributed by atoms with Crippen molar-refractivity contribution >= 4 is 29.1 Å². The second kappa shape index (κ2) is 12.3. The van der Waals surface area contributed by atoms with E-state index in [4.69, 9.17) is 0 Å². The Labute approximate surface area is 209 Å². The van der Waals surface area contributed by atoms with Crippen molar-refractivity contribution in [2.75, 3.05) is 6.54 Å². The summed E-state index contributed by atoms with van der Waals surface area (Å²) in [5, 5.41) is 7.70. The van der Waals surface area contributed by atoms with Crippen molar-refractivity contribution in [3.8, 4) is 0 Å². The smallest absolute Gasteiger partial charge is 0.261 e. The van der Waals surface area contributed by atoms with E-state index in [9.17, 15) is 14.4 Å². The van der Waals surface area contributed by atoms with Crippen LogP contribution in [0.2, 0.25) is 0 Å². The minimum absolute atomic E-state index is 0.0997. The van der Waals surface area contributed by atoms with Crippen LogP contribution in [-0.4, -0.2) is 40.2 Å². The average Bonchev–Trinajstić information content (AvgIpc) is 3.44. The summed E-state index contributed by atoms with van der Waals surface area (Å²) in [5.74, 6) is -0.872. The number of aromatic nitrogens is 1. The molecule has 182 valence electrons. The van der Waals surface area contributed by atoms with E-state index in [-0.39, 0.29) is 36.9 Å². The first-order valence-electron chi connectivity index (χ1n) is 12.0. The molecule has 1 saturated carbocycles. The predicted molar refractivity (Wildman–Crippen MR) is 136 cm³/mol. The summed E-state index contributed by atoms with van der Waals surface area (Å²) < 4.78 is 0. The number of nitrogens with one attached hydrogen (secondary N) is 2. The molecule has 7 nitrogen and oxygen atoms in total. The van der Waals surface area contributed by atoms with Crippen LogP contribution in [-0.2, 0) is 16.1 Å². The standard InChI is InChI=1S/C27H30N4O3S/c32-24(18-29-26(33)23-14-8-16-35-23)31(19-20-9-3-1-4-10-20)25(21-11-7-15-28-17-21)27(34)30-22-12-5-2-6-13-22/h1,3-4,7-11,14-17,22,25H,2,5-6,12-13,18-19H2,(H,29,33)(H,30,34)/t25-/m1/s1. The number of thiophene rings is 1. The number of carbonyl (C=O) groups is 3. The number of benzene rings is 1. The van der Waals surface area contributed by atoms with Gasteiger partial charge in [-0.25, -0.2) is 0 Å². The maximum atomic E-state index is 13.7. The Hall–Kier alpha value is -3.52. The van der Waals surface area contributed by atoms with Gasteiger partial charge in [-0.1, -0.05) is 61.7 Å². The fraction of sp³-hybridized carbons (Fsp3) is 0.333. The van der Waals surface area contributed by atoms with Gasteiger partial charge in [0.25, 0.3) is 5.91 Å². The summed E-state index contributed by atoms with van der Waals surface area (Å²) >= 11 is 1.31. The van der Waals surface area contributed by atoms with Crippen molar-refractivity contribution in [3.05, 3.63) is 88.4 Å². The van der Waals surface area contributed by atoms with Gasteiger partial charge in [-0.3, -0.25) is 19.4 Å². The van der Waals surface area contributed by atoms with E-state index in [0.717, 1.165) is 31.2 Å². The molecule has 1 aliphatic rings. The zero-order chi connectivity index (χ0) is 24.5. The SMILES string of the molecule is O=C(NCC(=O)N(Cc1ccccc1)[C@@H](C(=O)NC1CCCCC1)c1cccnc1)c1cccs1. The minimum Gasteiger partial charge on any atom is -0.351 e. The Bertz CT molecular complexity index is 1100. The first-order valence-corrected chi connectivity index (χ1v) is 12.8. The van der Waals surface area contributed by atoms with E-state index in [1.54, 1.807) is 35.5 Å². The molecule has 1 atom stereocenters. The van der Waals surface area contributed by atoms with Crippen molar-refractivity contribution in [3.63, 3.8) is 0 Å². The van der Waals surface area contributed by atoms with Crippen LogP contribution < -0.4 is 10.6 Å². The molecule has 0 bridgehead atoms. The van der Waals surface area contributed by atoms with Crippen molar-refractivity contribution in [1.82, 2.24) is 20.5 Å². The zero-order valence-corrected chi connectivity index (χ0v) is 20.4. The van der Waals surface area contributed by atoms with Gasteiger partial charge in [0, 0.05) is 30.5 Å². The van der Waals surface area contributed by atoms with Crippen molar-refractivity contribution in [2.45, 2.75) is 50.7 Å². The second-order valence-electron chi connectivity index (χ2n) is 8.70. The van der Waals surface area contributed by atoms with Gasteiger partial charge in [-0.15, -0.1) is 11.3 Å². The number of nitrogens with zero attached hydrogens (tertiary/aromatic N) is 2. The van der Waals surface area contributed by atoms with Crippen LogP contribution in [0, 0.1) is 0 Å². The van der Waals surface area contributed by atoms with Gasteiger partial charge in [0.1, 0.15) is 6.04 Å². The highest BCUT2D eigenvalue weighted by atomic mass is 32.1. The number of carbonyl (C=O) groups excluding carboxylic acids is 3. The van der Waals surface area contributed by atoms with E-state index < -0.39 is 6.04 Å². The van der Waals surface area contributed by atoms with Crippen molar-refractivity contribution in [1.29, 1.82) is 0 Å². The molecule has 3 aromatic rings. The lowest BCUT2D eigenvalue weighted by atomic mass is 9.94. The number of hydrogen-bond acceptors (Lipinski definition) is 5. The van der Waals surface area contributed by atoms with Gasteiger partial charge in [0.15, 0.2) is 0 Å². The molecule has 1 fully saturated rings. The van der Waals surface area contributed by atoms with Gasteiger partial charge < -0.3 is 15.5 Å². The Morgan fingerprint density at radius 1 is 1.00 bits per heavy atom. The minimum atomic E-state index is -0.864. The summed E-state index contributed by atoms with van der Waals surface area (Å²) in [4.78, 5) is 45.9. The van der Waals surface area contributed by atoms with Crippen LogP contribution in [0.1, 0.15) is 58.9 Å². The summed E-state index contributed by atoms with van der Waals surface area (Å²) in [5.41, 5.74) is 1.53. The Morgan fingerprint density at radius 3 is 2.49 bits per heavy atom. The number of amides is 3. The van der Waals surface area contributed by atoms with E-state index in [1.807, 2.05) is 41.8 Å². The van der Waals surface area contributed by atoms with Crippen LogP contribution >= 0.6 is 11.3 Å². The molecule has 0 spiro atoms. The van der Waals surface area contributed by atoms with Gasteiger partial charge in [0.2, 0.25) is 11.8 Å². The van der Waals surface area contributed by atoms with E-state index in [2.05, 4.69) is 15.6 Å². The molecular formula is C27H30N4O3S. The molecule has 2 N–H and O–H groups in total. The Morgan fingerprint density at radius 2 is 1.80 bits per heavy atom. The zero-order valence-electron chi connectivity index (χ0n) is 19.6. The molecule has 0 radical (unpaired) electrons. The van der Waals surface area contributed by atoms with Crippen LogP contribution in [0.3, 0.4) is 0 Å². The molecular weight excluding hydrogens is 460 g/mol. The Balaban J connectivity index is 1.60. The van der Waals surface area contributed by atoms with Crippen LogP contribution in [0.4, 0.5) is 0 Å². The van der Waals surface area contributed by atoms with Gasteiger partial charge in [-0.05, 0) is 35.9 Å². The molecule has 3 amide bonds. The summed E-state index contributed by atoms with van der Waals surface area (Å²) in [7, 11) is 0. The topological polar surface area (TPSA) is 91.4 Å². The summed E-state index contributed by atoms with van der Waals surface area (Å²) in [6.07, 6.45) is 8.50. The lowest BCUT2D eigenvalue weighted by Crippen LogP contribution is -2.49. The number of hydrogen-bond donors (Lipinski definition) is 2. The highest BCUT2D eigenvalue weighted by Gasteiger charge is 2.33. The normalized spacial score (nSPS) is 14.6. The fourth-order valence-electron chi connectivity index (χ4n) is 4.39. The number of rotatable bonds is 9. The summed E-state index contributed by atoms with van der Waals surface area (Å²) in [6.45, 7) is 0.0171. The number of pyridine rings is 1. The predicted octanol–water partition coefficient (Wildman–Crippen LogP) is 4.09. The lowest BCUT2D eigenvalue weighted by molar-refractivity contribution is -0.141. The molecule has 35 heavy (non-hydrogen) atoms. The third-order valence-electron chi connectivity index (χ3n) is 6.17.